The van der Waals surface area contributed by atoms with Gasteiger partial charge in [0.2, 0.25) is 6.10 Å². The Bertz CT molecular complexity index is 628. The van der Waals surface area contributed by atoms with E-state index in [-0.39, 0.29) is 5.91 Å². The first-order valence-corrected chi connectivity index (χ1v) is 6.18. The largest absolute Gasteiger partial charge is 0.382 e. The normalized spacial score (nSPS) is 17.2. The van der Waals surface area contributed by atoms with Crippen LogP contribution in [0.4, 0.5) is 5.82 Å². The fourth-order valence-corrected chi connectivity index (χ4v) is 1.88. The average Bonchev–Trinajstić information content (AvgIpc) is 2.99. The van der Waals surface area contributed by atoms with Crippen LogP contribution in [0, 0.1) is 0 Å². The van der Waals surface area contributed by atoms with Crippen molar-refractivity contribution in [3.05, 3.63) is 54.5 Å². The van der Waals surface area contributed by atoms with Crippen molar-refractivity contribution in [1.29, 1.82) is 0 Å². The van der Waals surface area contributed by atoms with Gasteiger partial charge in [0.05, 0.1) is 5.71 Å². The second-order valence-corrected chi connectivity index (χ2v) is 4.28. The molecule has 3 rings (SSSR count). The highest BCUT2D eigenvalue weighted by molar-refractivity contribution is 6.05. The number of amides is 1. The number of hydrogen-bond donors (Lipinski definition) is 1. The van der Waals surface area contributed by atoms with Crippen molar-refractivity contribution in [2.45, 2.75) is 12.5 Å². The van der Waals surface area contributed by atoms with Crippen LogP contribution < -0.4 is 5.32 Å². The van der Waals surface area contributed by atoms with E-state index in [9.17, 15) is 4.79 Å². The summed E-state index contributed by atoms with van der Waals surface area (Å²) in [5.74, 6) is 0.245. The van der Waals surface area contributed by atoms with E-state index in [0.29, 0.717) is 12.2 Å². The van der Waals surface area contributed by atoms with Gasteiger partial charge in [0.25, 0.3) is 5.91 Å². The zero-order valence-electron chi connectivity index (χ0n) is 10.6. The van der Waals surface area contributed by atoms with Crippen LogP contribution in [0.1, 0.15) is 12.0 Å². The predicted octanol–water partition coefficient (Wildman–Crippen LogP) is 1.61. The summed E-state index contributed by atoms with van der Waals surface area (Å²) in [4.78, 5) is 25.2. The zero-order chi connectivity index (χ0) is 13.8. The molecule has 0 aromatic carbocycles. The van der Waals surface area contributed by atoms with Gasteiger partial charge in [-0.3, -0.25) is 9.78 Å². The third-order valence-electron chi connectivity index (χ3n) is 2.89. The summed E-state index contributed by atoms with van der Waals surface area (Å²) < 4.78 is 0. The number of hydrogen-bond acceptors (Lipinski definition) is 5. The van der Waals surface area contributed by atoms with Crippen LogP contribution in [0.15, 0.2) is 54.1 Å². The van der Waals surface area contributed by atoms with E-state index in [1.165, 1.54) is 0 Å². The summed E-state index contributed by atoms with van der Waals surface area (Å²) in [6, 6.07) is 8.98. The van der Waals surface area contributed by atoms with Gasteiger partial charge in [-0.2, -0.15) is 0 Å². The van der Waals surface area contributed by atoms with Crippen molar-refractivity contribution >= 4 is 17.4 Å². The lowest BCUT2D eigenvalue weighted by Gasteiger charge is -2.08. The molecule has 0 saturated heterocycles. The number of carbonyl (C=O) groups is 1. The molecule has 0 spiro atoms. The van der Waals surface area contributed by atoms with Gasteiger partial charge in [0.15, 0.2) is 0 Å². The lowest BCUT2D eigenvalue weighted by atomic mass is 10.1. The van der Waals surface area contributed by atoms with Gasteiger partial charge in [-0.05, 0) is 24.3 Å². The van der Waals surface area contributed by atoms with E-state index < -0.39 is 6.10 Å². The van der Waals surface area contributed by atoms with Gasteiger partial charge in [-0.1, -0.05) is 11.2 Å². The average molecular weight is 268 g/mol. The Morgan fingerprint density at radius 3 is 2.80 bits per heavy atom. The second kappa shape index (κ2) is 5.48. The third-order valence-corrected chi connectivity index (χ3v) is 2.89. The van der Waals surface area contributed by atoms with Crippen LogP contribution in [-0.2, 0) is 9.63 Å². The van der Waals surface area contributed by atoms with E-state index in [2.05, 4.69) is 20.4 Å². The minimum Gasteiger partial charge on any atom is -0.382 e. The number of nitrogens with zero attached hydrogens (tertiary/aromatic N) is 3. The van der Waals surface area contributed by atoms with Gasteiger partial charge < -0.3 is 10.2 Å². The van der Waals surface area contributed by atoms with E-state index in [1.54, 1.807) is 36.8 Å². The number of pyridine rings is 2. The van der Waals surface area contributed by atoms with Gasteiger partial charge in [0, 0.05) is 30.6 Å². The molecule has 3 heterocycles. The first kappa shape index (κ1) is 12.3. The highest BCUT2D eigenvalue weighted by Crippen LogP contribution is 2.17. The van der Waals surface area contributed by atoms with Gasteiger partial charge >= 0.3 is 0 Å². The molecular weight excluding hydrogens is 256 g/mol. The van der Waals surface area contributed by atoms with Crippen LogP contribution >= 0.6 is 0 Å². The molecule has 0 radical (unpaired) electrons. The van der Waals surface area contributed by atoms with Crippen LogP contribution in [-0.4, -0.2) is 27.7 Å². The standard InChI is InChI=1S/C14H12N4O2/c19-14(17-13-3-1-2-6-16-13)12-9-11(18-20-12)10-4-7-15-8-5-10/h1-8,12H,9H2,(H,16,17,19)/t12-/m1/s1. The molecular formula is C14H12N4O2. The van der Waals surface area contributed by atoms with Gasteiger partial charge in [0.1, 0.15) is 5.82 Å². The molecule has 2 aromatic heterocycles. The minimum absolute atomic E-state index is 0.253. The Hall–Kier alpha value is -2.76. The molecule has 0 saturated carbocycles. The molecule has 6 nitrogen and oxygen atoms in total. The zero-order valence-corrected chi connectivity index (χ0v) is 10.6. The molecule has 100 valence electrons. The molecule has 2 aromatic rings. The molecule has 1 N–H and O–H groups in total. The molecule has 20 heavy (non-hydrogen) atoms. The topological polar surface area (TPSA) is 76.5 Å². The highest BCUT2D eigenvalue weighted by atomic mass is 16.6. The molecule has 1 atom stereocenters. The summed E-state index contributed by atoms with van der Waals surface area (Å²) in [6.45, 7) is 0. The van der Waals surface area contributed by atoms with E-state index >= 15 is 0 Å². The molecule has 0 aliphatic carbocycles. The number of rotatable bonds is 3. The van der Waals surface area contributed by atoms with Gasteiger partial charge in [-0.25, -0.2) is 4.98 Å². The number of nitrogens with one attached hydrogen (secondary N) is 1. The van der Waals surface area contributed by atoms with Crippen molar-refractivity contribution in [2.24, 2.45) is 5.16 Å². The van der Waals surface area contributed by atoms with E-state index in [4.69, 9.17) is 4.84 Å². The summed E-state index contributed by atoms with van der Waals surface area (Å²) in [7, 11) is 0. The lowest BCUT2D eigenvalue weighted by Crippen LogP contribution is -2.28. The molecule has 1 aliphatic heterocycles. The molecule has 1 aliphatic rings. The van der Waals surface area contributed by atoms with Crippen LogP contribution in [0.3, 0.4) is 0 Å². The summed E-state index contributed by atoms with van der Waals surface area (Å²) in [5.41, 5.74) is 1.65. The van der Waals surface area contributed by atoms with Crippen LogP contribution in [0.2, 0.25) is 0 Å². The number of anilines is 1. The highest BCUT2D eigenvalue weighted by Gasteiger charge is 2.29. The minimum atomic E-state index is -0.625. The lowest BCUT2D eigenvalue weighted by molar-refractivity contribution is -0.125. The van der Waals surface area contributed by atoms with Crippen LogP contribution in [0.25, 0.3) is 0 Å². The van der Waals surface area contributed by atoms with Gasteiger partial charge in [-0.15, -0.1) is 0 Å². The van der Waals surface area contributed by atoms with Crippen molar-refractivity contribution in [1.82, 2.24) is 9.97 Å². The SMILES string of the molecule is O=C(Nc1ccccn1)[C@H]1CC(c2ccncc2)=NO1. The Balaban J connectivity index is 1.63. The molecule has 6 heteroatoms. The van der Waals surface area contributed by atoms with Crippen molar-refractivity contribution in [3.63, 3.8) is 0 Å². The van der Waals surface area contributed by atoms with E-state index in [0.717, 1.165) is 11.3 Å². The number of carbonyl (C=O) groups excluding carboxylic acids is 1. The summed E-state index contributed by atoms with van der Waals surface area (Å²) in [5, 5.41) is 6.65. The van der Waals surface area contributed by atoms with Crippen LogP contribution in [0.5, 0.6) is 0 Å². The quantitative estimate of drug-likeness (QED) is 0.917. The Morgan fingerprint density at radius 1 is 1.20 bits per heavy atom. The maximum Gasteiger partial charge on any atom is 0.269 e. The monoisotopic (exact) mass is 268 g/mol. The van der Waals surface area contributed by atoms with E-state index in [1.807, 2.05) is 12.1 Å². The fraction of sp³-hybridized carbons (Fsp3) is 0.143. The van der Waals surface area contributed by atoms with Crippen molar-refractivity contribution in [3.8, 4) is 0 Å². The Labute approximate surface area is 115 Å². The third kappa shape index (κ3) is 2.64. The molecule has 0 fully saturated rings. The summed E-state index contributed by atoms with van der Waals surface area (Å²) >= 11 is 0. The molecule has 1 amide bonds. The predicted molar refractivity (Wildman–Crippen MR) is 73.1 cm³/mol. The Kier molecular flexibility index (Phi) is 3.36. The number of oxime groups is 1. The summed E-state index contributed by atoms with van der Waals surface area (Å²) in [6.07, 6.45) is 4.78. The Morgan fingerprint density at radius 2 is 2.05 bits per heavy atom. The molecule has 0 unspecified atom stereocenters. The van der Waals surface area contributed by atoms with Crippen molar-refractivity contribution < 1.29 is 9.63 Å². The molecule has 0 bridgehead atoms. The first-order valence-electron chi connectivity index (χ1n) is 6.18. The smallest absolute Gasteiger partial charge is 0.269 e. The second-order valence-electron chi connectivity index (χ2n) is 4.28. The number of aromatic nitrogens is 2. The van der Waals surface area contributed by atoms with Crippen molar-refractivity contribution in [2.75, 3.05) is 5.32 Å². The first-order chi connectivity index (χ1) is 9.83. The maximum atomic E-state index is 12.0. The fourth-order valence-electron chi connectivity index (χ4n) is 1.88. The maximum absolute atomic E-state index is 12.0.